The summed E-state index contributed by atoms with van der Waals surface area (Å²) in [7, 11) is 0. The average molecular weight is 630 g/mol. The number of pyridine rings is 2. The molecule has 8 heterocycles. The number of aliphatic imine (C=N–C) groups is 2. The van der Waals surface area contributed by atoms with Crippen LogP contribution in [0.1, 0.15) is 33.6 Å². The van der Waals surface area contributed by atoms with E-state index in [4.69, 9.17) is 9.98 Å². The van der Waals surface area contributed by atoms with Crippen LogP contribution in [0.3, 0.4) is 0 Å². The third-order valence-corrected chi connectivity index (χ3v) is 9.35. The minimum atomic E-state index is 0.874. The Balaban J connectivity index is 1.43. The van der Waals surface area contributed by atoms with Crippen molar-refractivity contribution in [1.82, 2.24) is 19.3 Å². The number of hydrogen-bond donors (Lipinski definition) is 1. The molecule has 0 aliphatic carbocycles. The van der Waals surface area contributed by atoms with Crippen molar-refractivity contribution < 1.29 is 0 Å². The highest BCUT2D eigenvalue weighted by atomic mass is 15.7. The highest BCUT2D eigenvalue weighted by molar-refractivity contribution is 6.31. The minimum Gasteiger partial charge on any atom is -0.265 e. The number of fused-ring (bicyclic) bond motifs is 2. The van der Waals surface area contributed by atoms with Gasteiger partial charge in [0.15, 0.2) is 0 Å². The van der Waals surface area contributed by atoms with Gasteiger partial charge in [-0.15, -0.1) is 0 Å². The van der Waals surface area contributed by atoms with Crippen LogP contribution >= 0.6 is 0 Å². The molecule has 230 valence electrons. The Hall–Kier alpha value is -6.86. The average Bonchev–Trinajstić information content (AvgIpc) is 3.98. The fourth-order valence-electron chi connectivity index (χ4n) is 7.21. The zero-order chi connectivity index (χ0) is 32.3. The van der Waals surface area contributed by atoms with Crippen molar-refractivity contribution in [2.45, 2.75) is 0 Å². The number of benzene rings is 2. The van der Waals surface area contributed by atoms with Gasteiger partial charge in [0, 0.05) is 47.1 Å². The van der Waals surface area contributed by atoms with Crippen LogP contribution in [0.25, 0.3) is 22.3 Å². The van der Waals surface area contributed by atoms with Gasteiger partial charge in [-0.2, -0.15) is 0 Å². The molecule has 4 aliphatic heterocycles. The third kappa shape index (κ3) is 4.29. The summed E-state index contributed by atoms with van der Waals surface area (Å²) in [4.78, 5) is 19.4. The van der Waals surface area contributed by atoms with Crippen LogP contribution in [-0.2, 0) is 0 Å². The lowest BCUT2D eigenvalue weighted by molar-refractivity contribution is 0.710. The van der Waals surface area contributed by atoms with Gasteiger partial charge in [-0.05, 0) is 95.1 Å². The van der Waals surface area contributed by atoms with E-state index in [1.54, 1.807) is 0 Å². The molecule has 4 aliphatic rings. The zero-order valence-electron chi connectivity index (χ0n) is 26.2. The van der Waals surface area contributed by atoms with Gasteiger partial charge in [0.05, 0.1) is 44.9 Å². The first-order valence-electron chi connectivity index (χ1n) is 16.2. The smallest absolute Gasteiger partial charge is 0.0746 e. The first-order chi connectivity index (χ1) is 24.3. The molecular formula is C42H27N7. The molecule has 49 heavy (non-hydrogen) atoms. The Morgan fingerprint density at radius 3 is 1.31 bits per heavy atom. The Bertz CT molecular complexity index is 2450. The number of aromatic nitrogens is 4. The zero-order valence-corrected chi connectivity index (χ0v) is 26.2. The summed E-state index contributed by atoms with van der Waals surface area (Å²) in [5.41, 5.74) is 17.6. The molecule has 7 nitrogen and oxygen atoms in total. The normalized spacial score (nSPS) is 15.8. The van der Waals surface area contributed by atoms with E-state index in [1.165, 1.54) is 0 Å². The molecule has 0 atom stereocenters. The lowest BCUT2D eigenvalue weighted by Gasteiger charge is -2.24. The molecule has 0 unspecified atom stereocenters. The molecule has 10 rings (SSSR count). The van der Waals surface area contributed by atoms with Gasteiger partial charge in [0.1, 0.15) is 0 Å². The Morgan fingerprint density at radius 2 is 0.816 bits per heavy atom. The van der Waals surface area contributed by atoms with Gasteiger partial charge in [-0.25, -0.2) is 24.9 Å². The van der Waals surface area contributed by atoms with Crippen molar-refractivity contribution in [1.29, 1.82) is 0 Å². The summed E-state index contributed by atoms with van der Waals surface area (Å²) >= 11 is 0. The maximum absolute atomic E-state index is 5.39. The highest BCUT2D eigenvalue weighted by Crippen LogP contribution is 2.38. The van der Waals surface area contributed by atoms with E-state index in [-0.39, 0.29) is 0 Å². The van der Waals surface area contributed by atoms with Gasteiger partial charge < -0.3 is 0 Å². The van der Waals surface area contributed by atoms with Gasteiger partial charge >= 0.3 is 0 Å². The van der Waals surface area contributed by atoms with Crippen LogP contribution in [0, 0.1) is 0 Å². The van der Waals surface area contributed by atoms with Gasteiger partial charge in [-0.1, -0.05) is 60.7 Å². The van der Waals surface area contributed by atoms with E-state index >= 15 is 0 Å². The second-order valence-corrected chi connectivity index (χ2v) is 12.1. The predicted octanol–water partition coefficient (Wildman–Crippen LogP) is 6.05. The highest BCUT2D eigenvalue weighted by Gasteiger charge is 2.28. The van der Waals surface area contributed by atoms with E-state index in [0.717, 1.165) is 89.4 Å². The largest absolute Gasteiger partial charge is 0.265 e. The number of rotatable bonds is 4. The quantitative estimate of drug-likeness (QED) is 0.258. The summed E-state index contributed by atoms with van der Waals surface area (Å²) < 4.78 is 4.38. The summed E-state index contributed by atoms with van der Waals surface area (Å²) in [5, 5.41) is 1.94. The van der Waals surface area contributed by atoms with Crippen LogP contribution in [0.15, 0.2) is 180 Å². The van der Waals surface area contributed by atoms with Crippen LogP contribution in [0.5, 0.6) is 0 Å². The molecule has 2 aromatic carbocycles. The molecule has 0 saturated heterocycles. The molecule has 0 saturated carbocycles. The molecule has 6 aromatic rings. The molecule has 0 amide bonds. The van der Waals surface area contributed by atoms with E-state index in [2.05, 4.69) is 122 Å². The lowest BCUT2D eigenvalue weighted by atomic mass is 10.0. The molecule has 0 fully saturated rings. The molecular weight excluding hydrogens is 603 g/mol. The monoisotopic (exact) mass is 629 g/mol. The second-order valence-electron chi connectivity index (χ2n) is 12.1. The van der Waals surface area contributed by atoms with Gasteiger partial charge in [-0.3, -0.25) is 9.97 Å². The number of hydrogen-bond acceptors (Lipinski definition) is 5. The molecule has 6 bridgehead atoms. The van der Waals surface area contributed by atoms with E-state index in [1.807, 2.05) is 61.2 Å². The summed E-state index contributed by atoms with van der Waals surface area (Å²) in [5.74, 6) is 0. The first-order valence-corrected chi connectivity index (χ1v) is 16.2. The van der Waals surface area contributed by atoms with Crippen molar-refractivity contribution in [3.05, 3.63) is 214 Å². The van der Waals surface area contributed by atoms with Crippen molar-refractivity contribution in [2.75, 3.05) is 5.53 Å². The Labute approximate surface area is 281 Å². The fourth-order valence-corrected chi connectivity index (χ4v) is 7.21. The number of nitrogens with one attached hydrogen (secondary N) is 1. The van der Waals surface area contributed by atoms with Crippen LogP contribution < -0.4 is 16.2 Å². The summed E-state index contributed by atoms with van der Waals surface area (Å²) in [6.45, 7) is 0. The van der Waals surface area contributed by atoms with Gasteiger partial charge in [0.25, 0.3) is 0 Å². The van der Waals surface area contributed by atoms with Crippen LogP contribution in [-0.4, -0.2) is 30.7 Å². The number of nitrogens with zero attached hydrogens (tertiary/aromatic N) is 6. The van der Waals surface area contributed by atoms with Crippen molar-refractivity contribution in [2.24, 2.45) is 9.98 Å². The molecule has 7 heteroatoms. The second kappa shape index (κ2) is 10.9. The standard InChI is InChI=1S/C42H27N7/c1-3-7-27(8-4-1)39-31-11-12-32(45-31)40(28-9-5-2-6-10-28)36-16-18-38-42(30-21-25-44-26-22-30)34-14-13-33(46-34)41(29-19-23-43-24-20-29)37-17-15-35(39)48(37)47-49(36)38/h1-26,47H. The lowest BCUT2D eigenvalue weighted by Crippen LogP contribution is -2.42. The number of allylic oxidation sites excluding steroid dienone is 4. The SMILES string of the molecule is C1=CC2=C(c3ccccc3)c3ccc4n3Nn3c(ccc3=C(c3ccncc3)C3=NC(=C4c4ccncc4)C=C3)=C(c3ccccc3)C1=N2. The molecule has 4 aromatic heterocycles. The van der Waals surface area contributed by atoms with Crippen molar-refractivity contribution in [3.63, 3.8) is 0 Å². The van der Waals surface area contributed by atoms with Crippen LogP contribution in [0.2, 0.25) is 0 Å². The van der Waals surface area contributed by atoms with Crippen molar-refractivity contribution in [3.8, 4) is 0 Å². The summed E-state index contributed by atoms with van der Waals surface area (Å²) in [6.07, 6.45) is 15.9. The van der Waals surface area contributed by atoms with E-state index in [0.29, 0.717) is 0 Å². The molecule has 0 spiro atoms. The maximum Gasteiger partial charge on any atom is 0.0746 e. The summed E-state index contributed by atoms with van der Waals surface area (Å²) in [6, 6.07) is 37.9. The predicted molar refractivity (Wildman–Crippen MR) is 194 cm³/mol. The van der Waals surface area contributed by atoms with E-state index in [9.17, 15) is 0 Å². The van der Waals surface area contributed by atoms with Gasteiger partial charge in [0.2, 0.25) is 0 Å². The van der Waals surface area contributed by atoms with Crippen LogP contribution in [0.4, 0.5) is 0 Å². The van der Waals surface area contributed by atoms with E-state index < -0.39 is 0 Å². The third-order valence-electron chi connectivity index (χ3n) is 9.35. The maximum atomic E-state index is 5.39. The Kier molecular flexibility index (Phi) is 6.04. The fraction of sp³-hybridized carbons (Fsp3) is 0. The first kappa shape index (κ1) is 27.3. The minimum absolute atomic E-state index is 0.874. The topological polar surface area (TPSA) is 72.4 Å². The molecule has 0 radical (unpaired) electrons. The Morgan fingerprint density at radius 1 is 0.388 bits per heavy atom. The van der Waals surface area contributed by atoms with Crippen molar-refractivity contribution >= 4 is 33.7 Å². The molecule has 1 N–H and O–H groups in total.